The van der Waals surface area contributed by atoms with E-state index < -0.39 is 23.6 Å². The molecule has 5 nitrogen and oxygen atoms in total. The topological polar surface area (TPSA) is 72.2 Å². The van der Waals surface area contributed by atoms with E-state index in [0.29, 0.717) is 0 Å². The molecule has 0 radical (unpaired) electrons. The van der Waals surface area contributed by atoms with Crippen molar-refractivity contribution >= 4 is 11.8 Å². The number of carbonyl (C=O) groups excluding carboxylic acids is 2. The molecule has 0 aliphatic carbocycles. The van der Waals surface area contributed by atoms with Crippen LogP contribution in [0.15, 0.2) is 18.3 Å². The van der Waals surface area contributed by atoms with Gasteiger partial charge in [-0.2, -0.15) is 0 Å². The van der Waals surface area contributed by atoms with Crippen molar-refractivity contribution in [3.63, 3.8) is 0 Å². The molecule has 1 rings (SSSR count). The normalized spacial score (nSPS) is 11.9. The highest BCUT2D eigenvalue weighted by atomic mass is 19.1. The summed E-state index contributed by atoms with van der Waals surface area (Å²) in [5, 5.41) is 7.48. The third-order valence-electron chi connectivity index (χ3n) is 2.12. The molecular formula is C10H11FN2O3. The average Bonchev–Trinajstić information content (AvgIpc) is 2.29. The van der Waals surface area contributed by atoms with Gasteiger partial charge in [-0.25, -0.2) is 9.18 Å². The number of halogens is 1. The highest BCUT2D eigenvalue weighted by Crippen LogP contribution is 2.05. The molecule has 6 heteroatoms. The number of nitrogens with zero attached hydrogens (tertiary/aromatic N) is 1. The van der Waals surface area contributed by atoms with Crippen molar-refractivity contribution < 1.29 is 18.7 Å². The predicted molar refractivity (Wildman–Crippen MR) is 52.0 cm³/mol. The van der Waals surface area contributed by atoms with Crippen LogP contribution in [0.1, 0.15) is 13.0 Å². The van der Waals surface area contributed by atoms with Crippen molar-refractivity contribution in [1.82, 2.24) is 4.57 Å². The quantitative estimate of drug-likeness (QED) is 0.599. The lowest BCUT2D eigenvalue weighted by Gasteiger charge is -2.13. The Kier molecular flexibility index (Phi) is 3.55. The molecule has 0 spiro atoms. The SMILES string of the molecule is COC(=O)C(=O)C(C)n1cc(F)ccc1=N. The summed E-state index contributed by atoms with van der Waals surface area (Å²) in [4.78, 5) is 22.4. The Bertz CT molecular complexity index is 481. The van der Waals surface area contributed by atoms with Crippen LogP contribution in [-0.2, 0) is 14.3 Å². The standard InChI is InChI=1S/C10H11FN2O3/c1-6(9(14)10(15)16-2)13-5-7(11)3-4-8(13)12/h3-6,12H,1-2H3. The van der Waals surface area contributed by atoms with Crippen molar-refractivity contribution in [1.29, 1.82) is 5.41 Å². The molecule has 1 atom stereocenters. The first-order valence-electron chi connectivity index (χ1n) is 4.51. The molecule has 0 aromatic carbocycles. The Morgan fingerprint density at radius 2 is 2.12 bits per heavy atom. The Hall–Kier alpha value is -1.98. The van der Waals surface area contributed by atoms with Gasteiger partial charge in [0, 0.05) is 6.20 Å². The maximum atomic E-state index is 12.9. The van der Waals surface area contributed by atoms with E-state index in [2.05, 4.69) is 4.74 Å². The van der Waals surface area contributed by atoms with E-state index in [0.717, 1.165) is 23.9 Å². The molecule has 0 bridgehead atoms. The summed E-state index contributed by atoms with van der Waals surface area (Å²) >= 11 is 0. The van der Waals surface area contributed by atoms with Crippen molar-refractivity contribution in [2.45, 2.75) is 13.0 Å². The van der Waals surface area contributed by atoms with Crippen LogP contribution in [0.25, 0.3) is 0 Å². The number of hydrogen-bond acceptors (Lipinski definition) is 4. The number of methoxy groups -OCH3 is 1. The molecule has 1 aromatic heterocycles. The highest BCUT2D eigenvalue weighted by Gasteiger charge is 2.23. The van der Waals surface area contributed by atoms with Crippen molar-refractivity contribution in [2.24, 2.45) is 0 Å². The Labute approximate surface area is 91.0 Å². The van der Waals surface area contributed by atoms with Crippen LogP contribution in [0.2, 0.25) is 0 Å². The molecule has 0 saturated heterocycles. The second-order valence-corrected chi connectivity index (χ2v) is 3.17. The molecule has 1 unspecified atom stereocenters. The number of pyridine rings is 1. The van der Waals surface area contributed by atoms with Gasteiger partial charge >= 0.3 is 5.97 Å². The van der Waals surface area contributed by atoms with Gasteiger partial charge in [0.1, 0.15) is 17.3 Å². The molecule has 0 aliphatic heterocycles. The van der Waals surface area contributed by atoms with Crippen LogP contribution in [0, 0.1) is 11.2 Å². The number of hydrogen-bond donors (Lipinski definition) is 1. The summed E-state index contributed by atoms with van der Waals surface area (Å²) in [6.45, 7) is 1.40. The fourth-order valence-electron chi connectivity index (χ4n) is 1.21. The molecule has 1 N–H and O–H groups in total. The number of rotatable bonds is 3. The summed E-state index contributed by atoms with van der Waals surface area (Å²) < 4.78 is 18.3. The second kappa shape index (κ2) is 4.69. The van der Waals surface area contributed by atoms with Gasteiger partial charge in [-0.15, -0.1) is 0 Å². The lowest BCUT2D eigenvalue weighted by atomic mass is 10.2. The van der Waals surface area contributed by atoms with E-state index in [1.165, 1.54) is 13.0 Å². The fourth-order valence-corrected chi connectivity index (χ4v) is 1.21. The molecule has 0 aliphatic rings. The van der Waals surface area contributed by atoms with Gasteiger partial charge in [-0.1, -0.05) is 0 Å². The van der Waals surface area contributed by atoms with Gasteiger partial charge in [-0.3, -0.25) is 10.2 Å². The van der Waals surface area contributed by atoms with Crippen molar-refractivity contribution in [3.05, 3.63) is 29.6 Å². The van der Waals surface area contributed by atoms with Crippen LogP contribution in [-0.4, -0.2) is 23.4 Å². The van der Waals surface area contributed by atoms with E-state index in [1.807, 2.05) is 0 Å². The second-order valence-electron chi connectivity index (χ2n) is 3.17. The summed E-state index contributed by atoms with van der Waals surface area (Å²) in [5.41, 5.74) is -0.0637. The first-order valence-corrected chi connectivity index (χ1v) is 4.51. The lowest BCUT2D eigenvalue weighted by Crippen LogP contribution is -2.32. The predicted octanol–water partition coefficient (Wildman–Crippen LogP) is 0.410. The van der Waals surface area contributed by atoms with Crippen LogP contribution >= 0.6 is 0 Å². The minimum absolute atomic E-state index is 0.0637. The molecule has 0 saturated carbocycles. The van der Waals surface area contributed by atoms with E-state index in [-0.39, 0.29) is 5.49 Å². The largest absolute Gasteiger partial charge is 0.463 e. The summed E-state index contributed by atoms with van der Waals surface area (Å²) in [6.07, 6.45) is 0.994. The Morgan fingerprint density at radius 3 is 2.69 bits per heavy atom. The number of Topliss-reactive ketones (excluding diaryl/α,β-unsaturated/α-hetero) is 1. The molecule has 16 heavy (non-hydrogen) atoms. The van der Waals surface area contributed by atoms with E-state index in [1.54, 1.807) is 0 Å². The number of carbonyl (C=O) groups is 2. The van der Waals surface area contributed by atoms with Gasteiger partial charge in [0.15, 0.2) is 0 Å². The molecular weight excluding hydrogens is 215 g/mol. The van der Waals surface area contributed by atoms with Gasteiger partial charge in [-0.05, 0) is 19.1 Å². The third-order valence-corrected chi connectivity index (χ3v) is 2.12. The Morgan fingerprint density at radius 1 is 1.50 bits per heavy atom. The van der Waals surface area contributed by atoms with Crippen molar-refractivity contribution in [2.75, 3.05) is 7.11 Å². The van der Waals surface area contributed by atoms with Crippen LogP contribution < -0.4 is 5.49 Å². The molecule has 0 amide bonds. The van der Waals surface area contributed by atoms with Crippen molar-refractivity contribution in [3.8, 4) is 0 Å². The number of ether oxygens (including phenoxy) is 1. The molecule has 1 heterocycles. The first kappa shape index (κ1) is 12.1. The van der Waals surface area contributed by atoms with E-state index in [4.69, 9.17) is 5.41 Å². The molecule has 1 aromatic rings. The van der Waals surface area contributed by atoms with E-state index >= 15 is 0 Å². The maximum absolute atomic E-state index is 12.9. The number of ketones is 1. The van der Waals surface area contributed by atoms with Crippen LogP contribution in [0.5, 0.6) is 0 Å². The zero-order chi connectivity index (χ0) is 12.3. The molecule has 0 fully saturated rings. The summed E-state index contributed by atoms with van der Waals surface area (Å²) in [5.74, 6) is -2.42. The lowest BCUT2D eigenvalue weighted by molar-refractivity contribution is -0.153. The Balaban J connectivity index is 3.09. The van der Waals surface area contributed by atoms with Gasteiger partial charge < -0.3 is 9.30 Å². The number of esters is 1. The maximum Gasteiger partial charge on any atom is 0.376 e. The monoisotopic (exact) mass is 226 g/mol. The highest BCUT2D eigenvalue weighted by molar-refractivity contribution is 6.34. The zero-order valence-corrected chi connectivity index (χ0v) is 8.86. The summed E-state index contributed by atoms with van der Waals surface area (Å²) in [7, 11) is 1.09. The summed E-state index contributed by atoms with van der Waals surface area (Å²) in [6, 6.07) is 1.35. The van der Waals surface area contributed by atoms with Gasteiger partial charge in [0.2, 0.25) is 0 Å². The smallest absolute Gasteiger partial charge is 0.376 e. The van der Waals surface area contributed by atoms with E-state index in [9.17, 15) is 14.0 Å². The third kappa shape index (κ3) is 2.33. The minimum atomic E-state index is -1.01. The van der Waals surface area contributed by atoms with Crippen LogP contribution in [0.4, 0.5) is 4.39 Å². The average molecular weight is 226 g/mol. The number of nitrogens with one attached hydrogen (secondary N) is 1. The first-order chi connectivity index (χ1) is 7.47. The molecule has 86 valence electrons. The van der Waals surface area contributed by atoms with Crippen LogP contribution in [0.3, 0.4) is 0 Å². The minimum Gasteiger partial charge on any atom is -0.463 e. The van der Waals surface area contributed by atoms with Gasteiger partial charge in [0.25, 0.3) is 5.78 Å². The number of aromatic nitrogens is 1. The fraction of sp³-hybridized carbons (Fsp3) is 0.300. The zero-order valence-electron chi connectivity index (χ0n) is 8.86. The van der Waals surface area contributed by atoms with Gasteiger partial charge in [0.05, 0.1) is 7.11 Å².